The van der Waals surface area contributed by atoms with Crippen molar-refractivity contribution in [2.75, 3.05) is 6.54 Å². The van der Waals surface area contributed by atoms with Gasteiger partial charge in [0.1, 0.15) is 0 Å². The molecule has 0 spiro atoms. The van der Waals surface area contributed by atoms with Crippen LogP contribution in [0.2, 0.25) is 5.02 Å². The van der Waals surface area contributed by atoms with Crippen molar-refractivity contribution in [3.05, 3.63) is 29.3 Å². The molecule has 1 aromatic carbocycles. The lowest BCUT2D eigenvalue weighted by atomic mass is 10.3. The molecule has 0 heterocycles. The number of hydrogen-bond donors (Lipinski definition) is 0. The fourth-order valence-corrected chi connectivity index (χ4v) is 0.831. The summed E-state index contributed by atoms with van der Waals surface area (Å²) in [5, 5.41) is 6.88. The Hall–Kier alpha value is -1.10. The summed E-state index contributed by atoms with van der Waals surface area (Å²) >= 11 is 5.57. The minimum absolute atomic E-state index is 0.346. The van der Waals surface area contributed by atoms with Gasteiger partial charge in [0.05, 0.1) is 5.69 Å². The third-order valence-corrected chi connectivity index (χ3v) is 1.51. The number of benzene rings is 1. The Morgan fingerprint density at radius 1 is 1.14 bits per heavy atom. The molecule has 0 aliphatic rings. The molecule has 0 aliphatic heterocycles. The van der Waals surface area contributed by atoms with E-state index in [0.717, 1.165) is 0 Å². The highest BCUT2D eigenvalue weighted by molar-refractivity contribution is 6.30. The Labute approximate surface area is 83.4 Å². The zero-order chi connectivity index (χ0) is 10.6. The maximum absolute atomic E-state index is 11.6. The molecule has 6 heteroatoms. The molecule has 0 aromatic heterocycles. The summed E-state index contributed by atoms with van der Waals surface area (Å²) in [6, 6.07) is 6.04. The minimum atomic E-state index is -4.31. The van der Waals surface area contributed by atoms with Crippen LogP contribution in [0, 0.1) is 0 Å². The SMILES string of the molecule is FC(F)(F)CN=Nc1ccc(Cl)cc1. The standard InChI is InChI=1S/C8H6ClF3N2/c9-6-1-3-7(4-2-6)14-13-5-8(10,11)12/h1-4H,5H2. The second-order valence-electron chi connectivity index (χ2n) is 2.49. The predicted octanol–water partition coefficient (Wildman–Crippen LogP) is 3.99. The van der Waals surface area contributed by atoms with Gasteiger partial charge in [0.25, 0.3) is 0 Å². The van der Waals surface area contributed by atoms with Gasteiger partial charge in [0.2, 0.25) is 0 Å². The number of halogens is 4. The second-order valence-corrected chi connectivity index (χ2v) is 2.93. The van der Waals surface area contributed by atoms with Crippen LogP contribution in [0.25, 0.3) is 0 Å². The summed E-state index contributed by atoms with van der Waals surface area (Å²) < 4.78 is 34.9. The first kappa shape index (κ1) is 11.0. The first-order chi connectivity index (χ1) is 6.47. The molecule has 0 radical (unpaired) electrons. The Balaban J connectivity index is 2.57. The summed E-state index contributed by atoms with van der Waals surface area (Å²) in [5.74, 6) is 0. The van der Waals surface area contributed by atoms with Crippen LogP contribution >= 0.6 is 11.6 Å². The largest absolute Gasteiger partial charge is 0.409 e. The lowest BCUT2D eigenvalue weighted by Gasteiger charge is -1.99. The van der Waals surface area contributed by atoms with E-state index < -0.39 is 12.7 Å². The Morgan fingerprint density at radius 3 is 2.21 bits per heavy atom. The predicted molar refractivity (Wildman–Crippen MR) is 46.9 cm³/mol. The number of azo groups is 1. The van der Waals surface area contributed by atoms with E-state index in [-0.39, 0.29) is 0 Å². The highest BCUT2D eigenvalue weighted by Gasteiger charge is 2.26. The first-order valence-electron chi connectivity index (χ1n) is 3.67. The van der Waals surface area contributed by atoms with Gasteiger partial charge in [-0.25, -0.2) is 0 Å². The molecule has 1 aromatic rings. The lowest BCUT2D eigenvalue weighted by molar-refractivity contribution is -0.119. The normalized spacial score (nSPS) is 12.3. The Bertz CT molecular complexity index is 318. The van der Waals surface area contributed by atoms with Crippen molar-refractivity contribution in [1.82, 2.24) is 0 Å². The minimum Gasteiger partial charge on any atom is -0.179 e. The van der Waals surface area contributed by atoms with Crippen LogP contribution < -0.4 is 0 Å². The molecule has 76 valence electrons. The zero-order valence-electron chi connectivity index (χ0n) is 6.92. The summed E-state index contributed by atoms with van der Waals surface area (Å²) in [6.45, 7) is -1.27. The maximum atomic E-state index is 11.6. The molecule has 0 fully saturated rings. The molecule has 0 saturated heterocycles. The molecule has 2 nitrogen and oxygen atoms in total. The molecular weight excluding hydrogens is 217 g/mol. The highest BCUT2D eigenvalue weighted by atomic mass is 35.5. The lowest BCUT2D eigenvalue weighted by Crippen LogP contribution is -2.10. The van der Waals surface area contributed by atoms with Crippen molar-refractivity contribution in [2.24, 2.45) is 10.2 Å². The van der Waals surface area contributed by atoms with Crippen molar-refractivity contribution in [3.8, 4) is 0 Å². The Morgan fingerprint density at radius 2 is 1.71 bits per heavy atom. The molecule has 0 bridgehead atoms. The monoisotopic (exact) mass is 222 g/mol. The smallest absolute Gasteiger partial charge is 0.179 e. The van der Waals surface area contributed by atoms with Crippen molar-refractivity contribution in [2.45, 2.75) is 6.18 Å². The molecule has 14 heavy (non-hydrogen) atoms. The molecule has 0 amide bonds. The van der Waals surface area contributed by atoms with E-state index in [1.165, 1.54) is 24.3 Å². The topological polar surface area (TPSA) is 24.7 Å². The van der Waals surface area contributed by atoms with Gasteiger partial charge in [-0.3, -0.25) is 0 Å². The third-order valence-electron chi connectivity index (χ3n) is 1.26. The van der Waals surface area contributed by atoms with E-state index in [0.29, 0.717) is 10.7 Å². The average molecular weight is 223 g/mol. The fraction of sp³-hybridized carbons (Fsp3) is 0.250. The molecular formula is C8H6ClF3N2. The van der Waals surface area contributed by atoms with Crippen LogP contribution in [0.5, 0.6) is 0 Å². The van der Waals surface area contributed by atoms with Crippen molar-refractivity contribution in [3.63, 3.8) is 0 Å². The summed E-state index contributed by atoms with van der Waals surface area (Å²) in [6.07, 6.45) is -4.31. The molecule has 0 aliphatic carbocycles. The van der Waals surface area contributed by atoms with Crippen LogP contribution in [0.15, 0.2) is 34.5 Å². The maximum Gasteiger partial charge on any atom is 0.409 e. The van der Waals surface area contributed by atoms with Gasteiger partial charge in [-0.05, 0) is 24.3 Å². The van der Waals surface area contributed by atoms with Gasteiger partial charge >= 0.3 is 6.18 Å². The van der Waals surface area contributed by atoms with Gasteiger partial charge in [-0.15, -0.1) is 0 Å². The van der Waals surface area contributed by atoms with E-state index in [1.807, 2.05) is 0 Å². The molecule has 0 saturated carbocycles. The van der Waals surface area contributed by atoms with Crippen LogP contribution in [0.1, 0.15) is 0 Å². The van der Waals surface area contributed by atoms with Crippen LogP contribution in [0.3, 0.4) is 0 Å². The summed E-state index contributed by atoms with van der Waals surface area (Å²) in [5.41, 5.74) is 0.346. The number of rotatable bonds is 2. The first-order valence-corrected chi connectivity index (χ1v) is 4.05. The van der Waals surface area contributed by atoms with Crippen LogP contribution in [0.4, 0.5) is 18.9 Å². The second kappa shape index (κ2) is 4.41. The van der Waals surface area contributed by atoms with Gasteiger partial charge < -0.3 is 0 Å². The van der Waals surface area contributed by atoms with Gasteiger partial charge in [-0.2, -0.15) is 23.4 Å². The van der Waals surface area contributed by atoms with Crippen molar-refractivity contribution in [1.29, 1.82) is 0 Å². The van der Waals surface area contributed by atoms with E-state index in [4.69, 9.17) is 11.6 Å². The molecule has 0 atom stereocenters. The summed E-state index contributed by atoms with van der Waals surface area (Å²) in [7, 11) is 0. The average Bonchev–Trinajstić information content (AvgIpc) is 2.06. The summed E-state index contributed by atoms with van der Waals surface area (Å²) in [4.78, 5) is 0. The van der Waals surface area contributed by atoms with E-state index in [1.54, 1.807) is 0 Å². The van der Waals surface area contributed by atoms with Crippen molar-refractivity contribution < 1.29 is 13.2 Å². The van der Waals surface area contributed by atoms with Crippen LogP contribution in [-0.2, 0) is 0 Å². The van der Waals surface area contributed by atoms with E-state index >= 15 is 0 Å². The number of alkyl halides is 3. The molecule has 0 unspecified atom stereocenters. The van der Waals surface area contributed by atoms with E-state index in [2.05, 4.69) is 10.2 Å². The third kappa shape index (κ3) is 4.23. The molecule has 1 rings (SSSR count). The number of hydrogen-bond acceptors (Lipinski definition) is 2. The van der Waals surface area contributed by atoms with Crippen molar-refractivity contribution >= 4 is 17.3 Å². The quantitative estimate of drug-likeness (QED) is 0.676. The Kier molecular flexibility index (Phi) is 3.46. The van der Waals surface area contributed by atoms with Gasteiger partial charge in [0, 0.05) is 5.02 Å². The highest BCUT2D eigenvalue weighted by Crippen LogP contribution is 2.19. The number of nitrogens with zero attached hydrogens (tertiary/aromatic N) is 2. The fourth-order valence-electron chi connectivity index (χ4n) is 0.705. The van der Waals surface area contributed by atoms with Crippen LogP contribution in [-0.4, -0.2) is 12.7 Å². The van der Waals surface area contributed by atoms with Gasteiger partial charge in [0.15, 0.2) is 6.54 Å². The zero-order valence-corrected chi connectivity index (χ0v) is 7.68. The van der Waals surface area contributed by atoms with Gasteiger partial charge in [-0.1, -0.05) is 11.6 Å². The van der Waals surface area contributed by atoms with E-state index in [9.17, 15) is 13.2 Å². The molecule has 0 N–H and O–H groups in total.